The third kappa shape index (κ3) is 1.79. The quantitative estimate of drug-likeness (QED) is 0.638. The van der Waals surface area contributed by atoms with Gasteiger partial charge in [0.2, 0.25) is 0 Å². The van der Waals surface area contributed by atoms with E-state index in [2.05, 4.69) is 23.5 Å². The minimum Gasteiger partial charge on any atom is -0.356 e. The van der Waals surface area contributed by atoms with Crippen molar-refractivity contribution in [2.45, 2.75) is 32.4 Å². The molecule has 0 bridgehead atoms. The molecule has 1 unspecified atom stereocenters. The molecule has 0 spiro atoms. The highest BCUT2D eigenvalue weighted by Gasteiger charge is 2.20. The molecule has 4 rings (SSSR count). The first kappa shape index (κ1) is 12.6. The van der Waals surface area contributed by atoms with Crippen LogP contribution in [0.25, 0.3) is 21.0 Å². The molecule has 1 aromatic carbocycles. The minimum absolute atomic E-state index is 0.0517. The second-order valence-corrected chi connectivity index (χ2v) is 6.61. The summed E-state index contributed by atoms with van der Waals surface area (Å²) in [4.78, 5) is 0. The van der Waals surface area contributed by atoms with Crippen LogP contribution in [0.4, 0.5) is 0 Å². The van der Waals surface area contributed by atoms with E-state index in [0.717, 1.165) is 40.8 Å². The molecule has 0 amide bonds. The fourth-order valence-corrected chi connectivity index (χ4v) is 4.38. The van der Waals surface area contributed by atoms with Gasteiger partial charge in [0.1, 0.15) is 0 Å². The molecule has 0 radical (unpaired) electrons. The number of hydrogen-bond acceptors (Lipinski definition) is 3. The molecule has 20 heavy (non-hydrogen) atoms. The average molecular weight is 307 g/mol. The first-order valence-corrected chi connectivity index (χ1v) is 8.16. The number of aromatic nitrogens is 2. The summed E-state index contributed by atoms with van der Waals surface area (Å²) in [6.45, 7) is 2.92. The molecule has 3 heterocycles. The van der Waals surface area contributed by atoms with Crippen LogP contribution in [-0.2, 0) is 4.74 Å². The molecule has 1 saturated heterocycles. The van der Waals surface area contributed by atoms with Crippen molar-refractivity contribution in [3.63, 3.8) is 0 Å². The molecular weight excluding hydrogens is 292 g/mol. The molecule has 1 aliphatic rings. The molecule has 0 saturated carbocycles. The Morgan fingerprint density at radius 1 is 1.45 bits per heavy atom. The summed E-state index contributed by atoms with van der Waals surface area (Å²) < 4.78 is 9.06. The fourth-order valence-electron chi connectivity index (χ4n) is 2.94. The maximum Gasteiger partial charge on any atom is 0.150 e. The van der Waals surface area contributed by atoms with Gasteiger partial charge in [-0.15, -0.1) is 11.3 Å². The van der Waals surface area contributed by atoms with Crippen LogP contribution >= 0.6 is 22.9 Å². The van der Waals surface area contributed by atoms with E-state index in [1.54, 1.807) is 11.3 Å². The van der Waals surface area contributed by atoms with Crippen LogP contribution in [0.3, 0.4) is 0 Å². The third-order valence-electron chi connectivity index (χ3n) is 3.99. The lowest BCUT2D eigenvalue weighted by atomic mass is 10.1. The SMILES string of the molecule is Cc1csc2cc3c(cnn3C3CCCCO3)c(Cl)c12. The Morgan fingerprint density at radius 2 is 2.35 bits per heavy atom. The van der Waals surface area contributed by atoms with Crippen molar-refractivity contribution >= 4 is 43.9 Å². The number of rotatable bonds is 1. The maximum absolute atomic E-state index is 6.59. The standard InChI is InChI=1S/C15H15ClN2OS/c1-9-8-20-12-6-11-10(15(16)14(9)12)7-17-18(11)13-4-2-3-5-19-13/h6-8,13H,2-5H2,1H3. The number of fused-ring (bicyclic) bond motifs is 2. The Bertz CT molecular complexity index is 786. The topological polar surface area (TPSA) is 27.1 Å². The van der Waals surface area contributed by atoms with Gasteiger partial charge < -0.3 is 4.74 Å². The van der Waals surface area contributed by atoms with Gasteiger partial charge in [0.05, 0.1) is 16.7 Å². The van der Waals surface area contributed by atoms with E-state index < -0.39 is 0 Å². The highest BCUT2D eigenvalue weighted by molar-refractivity contribution is 7.17. The summed E-state index contributed by atoms with van der Waals surface area (Å²) in [6.07, 6.45) is 5.28. The van der Waals surface area contributed by atoms with E-state index in [-0.39, 0.29) is 6.23 Å². The summed E-state index contributed by atoms with van der Waals surface area (Å²) in [5.41, 5.74) is 2.31. The largest absolute Gasteiger partial charge is 0.356 e. The zero-order chi connectivity index (χ0) is 13.7. The van der Waals surface area contributed by atoms with Crippen molar-refractivity contribution in [3.8, 4) is 0 Å². The van der Waals surface area contributed by atoms with Crippen molar-refractivity contribution in [2.75, 3.05) is 6.61 Å². The van der Waals surface area contributed by atoms with Crippen LogP contribution in [0, 0.1) is 6.92 Å². The van der Waals surface area contributed by atoms with Gasteiger partial charge in [-0.2, -0.15) is 5.10 Å². The van der Waals surface area contributed by atoms with E-state index in [1.807, 2.05) is 10.9 Å². The Morgan fingerprint density at radius 3 is 3.15 bits per heavy atom. The second kappa shape index (κ2) is 4.72. The van der Waals surface area contributed by atoms with E-state index in [0.29, 0.717) is 0 Å². The minimum atomic E-state index is 0.0517. The smallest absolute Gasteiger partial charge is 0.150 e. The number of nitrogens with zero attached hydrogens (tertiary/aromatic N) is 2. The molecule has 1 aliphatic heterocycles. The zero-order valence-corrected chi connectivity index (χ0v) is 12.8. The summed E-state index contributed by atoms with van der Waals surface area (Å²) >= 11 is 8.32. The lowest BCUT2D eigenvalue weighted by molar-refractivity contribution is -0.0366. The van der Waals surface area contributed by atoms with E-state index in [4.69, 9.17) is 16.3 Å². The molecule has 3 aromatic rings. The first-order chi connectivity index (χ1) is 9.75. The predicted octanol–water partition coefficient (Wildman–Crippen LogP) is 4.91. The Labute approximate surface area is 126 Å². The monoisotopic (exact) mass is 306 g/mol. The van der Waals surface area contributed by atoms with Crippen LogP contribution in [0.1, 0.15) is 31.1 Å². The van der Waals surface area contributed by atoms with Crippen molar-refractivity contribution in [2.24, 2.45) is 0 Å². The Hall–Kier alpha value is -1.10. The Kier molecular flexibility index (Phi) is 2.98. The van der Waals surface area contributed by atoms with Gasteiger partial charge in [-0.25, -0.2) is 4.68 Å². The number of thiophene rings is 1. The number of halogens is 1. The second-order valence-electron chi connectivity index (χ2n) is 5.33. The van der Waals surface area contributed by atoms with Crippen LogP contribution < -0.4 is 0 Å². The number of hydrogen-bond donors (Lipinski definition) is 0. The fraction of sp³-hybridized carbons (Fsp3) is 0.400. The normalized spacial score (nSPS) is 20.0. The molecule has 0 N–H and O–H groups in total. The molecular formula is C15H15ClN2OS. The molecule has 2 aromatic heterocycles. The molecule has 5 heteroatoms. The van der Waals surface area contributed by atoms with Crippen LogP contribution in [0.5, 0.6) is 0 Å². The van der Waals surface area contributed by atoms with Gasteiger partial charge >= 0.3 is 0 Å². The first-order valence-electron chi connectivity index (χ1n) is 6.91. The van der Waals surface area contributed by atoms with E-state index in [1.165, 1.54) is 16.7 Å². The van der Waals surface area contributed by atoms with Gasteiger partial charge in [-0.3, -0.25) is 0 Å². The van der Waals surface area contributed by atoms with Crippen molar-refractivity contribution in [1.82, 2.24) is 9.78 Å². The van der Waals surface area contributed by atoms with Gasteiger partial charge in [0.25, 0.3) is 0 Å². The number of benzene rings is 1. The molecule has 0 aliphatic carbocycles. The summed E-state index contributed by atoms with van der Waals surface area (Å²) in [5, 5.41) is 9.68. The van der Waals surface area contributed by atoms with Gasteiger partial charge in [-0.05, 0) is 43.2 Å². The lowest BCUT2D eigenvalue weighted by Gasteiger charge is -2.23. The number of ether oxygens (including phenoxy) is 1. The van der Waals surface area contributed by atoms with Crippen molar-refractivity contribution in [3.05, 3.63) is 28.2 Å². The molecule has 1 atom stereocenters. The predicted molar refractivity (Wildman–Crippen MR) is 83.7 cm³/mol. The molecule has 104 valence electrons. The van der Waals surface area contributed by atoms with Crippen molar-refractivity contribution < 1.29 is 4.74 Å². The summed E-state index contributed by atoms with van der Waals surface area (Å²) in [6, 6.07) is 2.19. The van der Waals surface area contributed by atoms with E-state index >= 15 is 0 Å². The highest BCUT2D eigenvalue weighted by atomic mass is 35.5. The number of aryl methyl sites for hydroxylation is 1. The summed E-state index contributed by atoms with van der Waals surface area (Å²) in [5.74, 6) is 0. The average Bonchev–Trinajstić information content (AvgIpc) is 3.05. The third-order valence-corrected chi connectivity index (χ3v) is 5.43. The van der Waals surface area contributed by atoms with Gasteiger partial charge in [0, 0.05) is 22.1 Å². The van der Waals surface area contributed by atoms with Crippen LogP contribution in [0.15, 0.2) is 17.6 Å². The van der Waals surface area contributed by atoms with Crippen molar-refractivity contribution in [1.29, 1.82) is 0 Å². The maximum atomic E-state index is 6.59. The molecule has 3 nitrogen and oxygen atoms in total. The van der Waals surface area contributed by atoms with Gasteiger partial charge in [0.15, 0.2) is 6.23 Å². The Balaban J connectivity index is 1.95. The summed E-state index contributed by atoms with van der Waals surface area (Å²) in [7, 11) is 0. The zero-order valence-electron chi connectivity index (χ0n) is 11.2. The van der Waals surface area contributed by atoms with Crippen LogP contribution in [0.2, 0.25) is 5.02 Å². The lowest BCUT2D eigenvalue weighted by Crippen LogP contribution is -2.18. The molecule has 1 fully saturated rings. The highest BCUT2D eigenvalue weighted by Crippen LogP contribution is 2.39. The van der Waals surface area contributed by atoms with E-state index in [9.17, 15) is 0 Å². The van der Waals surface area contributed by atoms with Gasteiger partial charge in [-0.1, -0.05) is 11.6 Å². The van der Waals surface area contributed by atoms with Crippen LogP contribution in [-0.4, -0.2) is 16.4 Å².